The van der Waals surface area contributed by atoms with Gasteiger partial charge < -0.3 is 4.74 Å². The van der Waals surface area contributed by atoms with Crippen LogP contribution in [-0.2, 0) is 0 Å². The van der Waals surface area contributed by atoms with Crippen LogP contribution in [0.4, 0.5) is 17.6 Å². The fraction of sp³-hybridized carbons (Fsp3) is 0.364. The molecule has 1 rings (SSSR count). The number of ether oxygens (including phenoxy) is 1. The number of alkyl halides is 4. The van der Waals surface area contributed by atoms with Gasteiger partial charge in [0.2, 0.25) is 0 Å². The van der Waals surface area contributed by atoms with Crippen molar-refractivity contribution in [1.29, 1.82) is 0 Å². The molecular weight excluding hydrogens is 240 g/mol. The van der Waals surface area contributed by atoms with Gasteiger partial charge in [0.1, 0.15) is 5.75 Å². The molecule has 0 heterocycles. The Morgan fingerprint density at radius 3 is 2.41 bits per heavy atom. The summed E-state index contributed by atoms with van der Waals surface area (Å²) in [6.45, 7) is -1.62. The average Bonchev–Trinajstić information content (AvgIpc) is 2.27. The van der Waals surface area contributed by atoms with Crippen molar-refractivity contribution < 1.29 is 27.1 Å². The zero-order chi connectivity index (χ0) is 13.0. The first-order valence-electron chi connectivity index (χ1n) is 4.85. The third kappa shape index (κ3) is 3.44. The Labute approximate surface area is 95.2 Å². The van der Waals surface area contributed by atoms with Crippen molar-refractivity contribution in [3.05, 3.63) is 29.3 Å². The van der Waals surface area contributed by atoms with E-state index in [4.69, 9.17) is 0 Å². The molecule has 1 aromatic carbocycles. The van der Waals surface area contributed by atoms with E-state index in [-0.39, 0.29) is 12.0 Å². The topological polar surface area (TPSA) is 26.3 Å². The molecule has 0 amide bonds. The van der Waals surface area contributed by atoms with Crippen LogP contribution in [0.5, 0.6) is 5.75 Å². The molecule has 1 aromatic rings. The molecule has 0 aliphatic rings. The zero-order valence-corrected chi connectivity index (χ0v) is 8.92. The van der Waals surface area contributed by atoms with E-state index in [0.29, 0.717) is 0 Å². The summed E-state index contributed by atoms with van der Waals surface area (Å²) in [4.78, 5) is 11.4. The third-order valence-electron chi connectivity index (χ3n) is 2.10. The molecule has 0 unspecified atom stereocenters. The minimum Gasteiger partial charge on any atom is -0.434 e. The van der Waals surface area contributed by atoms with E-state index in [9.17, 15) is 22.4 Å². The van der Waals surface area contributed by atoms with Gasteiger partial charge in [-0.15, -0.1) is 0 Å². The van der Waals surface area contributed by atoms with Crippen LogP contribution in [0.1, 0.15) is 35.7 Å². The lowest BCUT2D eigenvalue weighted by atomic mass is 10.1. The van der Waals surface area contributed by atoms with Crippen molar-refractivity contribution in [2.24, 2.45) is 0 Å². The molecule has 17 heavy (non-hydrogen) atoms. The Hall–Kier alpha value is -1.59. The highest BCUT2D eigenvalue weighted by atomic mass is 19.3. The van der Waals surface area contributed by atoms with Crippen LogP contribution >= 0.6 is 0 Å². The van der Waals surface area contributed by atoms with Crippen molar-refractivity contribution in [2.45, 2.75) is 26.4 Å². The van der Waals surface area contributed by atoms with Crippen LogP contribution in [0, 0.1) is 0 Å². The molecule has 0 radical (unpaired) electrons. The normalized spacial score (nSPS) is 11.0. The summed E-state index contributed by atoms with van der Waals surface area (Å²) in [5.41, 5.74) is -0.578. The maximum Gasteiger partial charge on any atom is 0.387 e. The lowest BCUT2D eigenvalue weighted by Gasteiger charge is -2.11. The van der Waals surface area contributed by atoms with Crippen molar-refractivity contribution in [3.63, 3.8) is 0 Å². The largest absolute Gasteiger partial charge is 0.434 e. The SMILES string of the molecule is CCC(=O)c1ccc(C(F)F)cc1OC(F)F. The van der Waals surface area contributed by atoms with Crippen molar-refractivity contribution in [2.75, 3.05) is 0 Å². The van der Waals surface area contributed by atoms with Gasteiger partial charge in [0.25, 0.3) is 6.43 Å². The molecular formula is C11H10F4O2. The molecule has 0 aromatic heterocycles. The molecule has 0 spiro atoms. The van der Waals surface area contributed by atoms with Gasteiger partial charge in [0.05, 0.1) is 5.56 Å². The van der Waals surface area contributed by atoms with Gasteiger partial charge in [-0.2, -0.15) is 8.78 Å². The minimum atomic E-state index is -3.16. The molecule has 0 bridgehead atoms. The van der Waals surface area contributed by atoms with Crippen molar-refractivity contribution >= 4 is 5.78 Å². The number of halogens is 4. The number of hydrogen-bond donors (Lipinski definition) is 0. The van der Waals surface area contributed by atoms with Gasteiger partial charge in [-0.3, -0.25) is 4.79 Å². The maximum atomic E-state index is 12.4. The molecule has 0 saturated carbocycles. The van der Waals surface area contributed by atoms with Crippen LogP contribution in [0.3, 0.4) is 0 Å². The third-order valence-corrected chi connectivity index (χ3v) is 2.10. The number of hydrogen-bond acceptors (Lipinski definition) is 2. The second-order valence-corrected chi connectivity index (χ2v) is 3.21. The Kier molecular flexibility index (Phi) is 4.48. The fourth-order valence-corrected chi connectivity index (χ4v) is 1.29. The molecule has 6 heteroatoms. The predicted molar refractivity (Wildman–Crippen MR) is 52.7 cm³/mol. The van der Waals surface area contributed by atoms with E-state index < -0.39 is 30.1 Å². The summed E-state index contributed by atoms with van der Waals surface area (Å²) in [5, 5.41) is 0. The van der Waals surface area contributed by atoms with Crippen LogP contribution in [-0.4, -0.2) is 12.4 Å². The second-order valence-electron chi connectivity index (χ2n) is 3.21. The van der Waals surface area contributed by atoms with Crippen LogP contribution in [0.15, 0.2) is 18.2 Å². The zero-order valence-electron chi connectivity index (χ0n) is 8.92. The van der Waals surface area contributed by atoms with Gasteiger partial charge in [-0.1, -0.05) is 13.0 Å². The number of carbonyl (C=O) groups excluding carboxylic acids is 1. The van der Waals surface area contributed by atoms with Gasteiger partial charge in [-0.25, -0.2) is 8.78 Å². The highest BCUT2D eigenvalue weighted by Crippen LogP contribution is 2.28. The quantitative estimate of drug-likeness (QED) is 0.586. The Morgan fingerprint density at radius 1 is 1.29 bits per heavy atom. The summed E-state index contributed by atoms with van der Waals surface area (Å²) in [6, 6.07) is 2.86. The van der Waals surface area contributed by atoms with Crippen LogP contribution in [0.25, 0.3) is 0 Å². The molecule has 2 nitrogen and oxygen atoms in total. The number of carbonyl (C=O) groups is 1. The summed E-state index contributed by atoms with van der Waals surface area (Å²) >= 11 is 0. The number of benzene rings is 1. The Morgan fingerprint density at radius 2 is 1.94 bits per heavy atom. The van der Waals surface area contributed by atoms with Gasteiger partial charge in [-0.05, 0) is 12.1 Å². The fourth-order valence-electron chi connectivity index (χ4n) is 1.29. The first-order chi connectivity index (χ1) is 7.95. The predicted octanol–water partition coefficient (Wildman–Crippen LogP) is 3.82. The number of Topliss-reactive ketones (excluding diaryl/α,β-unsaturated/α-hetero) is 1. The smallest absolute Gasteiger partial charge is 0.387 e. The lowest BCUT2D eigenvalue weighted by Crippen LogP contribution is -2.08. The van der Waals surface area contributed by atoms with E-state index in [1.807, 2.05) is 0 Å². The summed E-state index contributed by atoms with van der Waals surface area (Å²) < 4.78 is 53.0. The Balaban J connectivity index is 3.16. The first kappa shape index (κ1) is 13.5. The molecule has 0 saturated heterocycles. The van der Waals surface area contributed by atoms with Gasteiger partial charge in [0, 0.05) is 12.0 Å². The van der Waals surface area contributed by atoms with Gasteiger partial charge >= 0.3 is 6.61 Å². The summed E-state index contributed by atoms with van der Waals surface area (Å²) in [5.74, 6) is -0.953. The highest BCUT2D eigenvalue weighted by molar-refractivity contribution is 5.98. The van der Waals surface area contributed by atoms with Gasteiger partial charge in [0.15, 0.2) is 5.78 Å². The number of rotatable bonds is 5. The molecule has 0 atom stereocenters. The summed E-state index contributed by atoms with van der Waals surface area (Å²) in [6.07, 6.45) is -2.73. The summed E-state index contributed by atoms with van der Waals surface area (Å²) in [7, 11) is 0. The first-order valence-corrected chi connectivity index (χ1v) is 4.85. The maximum absolute atomic E-state index is 12.4. The molecule has 0 aliphatic carbocycles. The van der Waals surface area contributed by atoms with Crippen molar-refractivity contribution in [3.8, 4) is 5.75 Å². The number of ketones is 1. The van der Waals surface area contributed by atoms with E-state index >= 15 is 0 Å². The average molecular weight is 250 g/mol. The van der Waals surface area contributed by atoms with E-state index in [1.165, 1.54) is 6.92 Å². The minimum absolute atomic E-state index is 0.0770. The van der Waals surface area contributed by atoms with Crippen molar-refractivity contribution in [1.82, 2.24) is 0 Å². The monoisotopic (exact) mass is 250 g/mol. The Bertz CT molecular complexity index is 404. The molecule has 94 valence electrons. The second kappa shape index (κ2) is 5.65. The van der Waals surface area contributed by atoms with Crippen LogP contribution < -0.4 is 4.74 Å². The highest BCUT2D eigenvalue weighted by Gasteiger charge is 2.17. The van der Waals surface area contributed by atoms with E-state index in [0.717, 1.165) is 18.2 Å². The lowest BCUT2D eigenvalue weighted by molar-refractivity contribution is -0.0503. The van der Waals surface area contributed by atoms with E-state index in [1.54, 1.807) is 0 Å². The molecule has 0 N–H and O–H groups in total. The molecule has 0 fully saturated rings. The standard InChI is InChI=1S/C11H10F4O2/c1-2-8(16)7-4-3-6(10(12)13)5-9(7)17-11(14)15/h3-5,10-11H,2H2,1H3. The molecule has 0 aliphatic heterocycles. The van der Waals surface area contributed by atoms with E-state index in [2.05, 4.69) is 4.74 Å². The van der Waals surface area contributed by atoms with Crippen LogP contribution in [0.2, 0.25) is 0 Å².